The smallest absolute Gasteiger partial charge is 0.269 e. The number of anilines is 1. The van der Waals surface area contributed by atoms with Crippen molar-refractivity contribution in [2.75, 3.05) is 5.73 Å². The normalized spacial score (nSPS) is 23.2. The van der Waals surface area contributed by atoms with Gasteiger partial charge in [-0.3, -0.25) is 0 Å². The molecule has 1 aliphatic heterocycles. The summed E-state index contributed by atoms with van der Waals surface area (Å²) in [6.45, 7) is 1.51. The van der Waals surface area contributed by atoms with Crippen LogP contribution < -0.4 is 11.5 Å². The number of thioether (sulfide) groups is 1. The molecule has 3 nitrogen and oxygen atoms in total. The number of allylic oxidation sites excluding steroid dienone is 1. The van der Waals surface area contributed by atoms with Gasteiger partial charge in [-0.25, -0.2) is 18.2 Å². The second-order valence-electron chi connectivity index (χ2n) is 4.29. The molecular formula is C12H12F3N3S. The number of halogens is 3. The fourth-order valence-corrected chi connectivity index (χ4v) is 2.74. The second-order valence-corrected chi connectivity index (χ2v) is 5.38. The van der Waals surface area contributed by atoms with Crippen molar-refractivity contribution in [1.82, 2.24) is 0 Å². The van der Waals surface area contributed by atoms with Crippen LogP contribution in [0.1, 0.15) is 12.5 Å². The molecular weight excluding hydrogens is 275 g/mol. The maximum absolute atomic E-state index is 13.9. The lowest BCUT2D eigenvalue weighted by Gasteiger charge is -2.28. The van der Waals surface area contributed by atoms with E-state index in [1.54, 1.807) is 0 Å². The molecule has 0 unspecified atom stereocenters. The first-order valence-corrected chi connectivity index (χ1v) is 6.23. The number of nitrogens with zero attached hydrogens (tertiary/aromatic N) is 1. The fourth-order valence-electron chi connectivity index (χ4n) is 1.89. The Morgan fingerprint density at radius 2 is 2.00 bits per heavy atom. The maximum atomic E-state index is 13.9. The van der Waals surface area contributed by atoms with E-state index in [9.17, 15) is 13.2 Å². The summed E-state index contributed by atoms with van der Waals surface area (Å²) < 4.78 is 39.5. The summed E-state index contributed by atoms with van der Waals surface area (Å²) >= 11 is 0.687. The first-order valence-electron chi connectivity index (χ1n) is 5.41. The Morgan fingerprint density at radius 1 is 1.32 bits per heavy atom. The molecule has 19 heavy (non-hydrogen) atoms. The SMILES string of the molecule is C[C@@]1(c2cc(N)ccc2F)C=C(C(F)F)SC(N)=N1. The first-order chi connectivity index (χ1) is 8.82. The number of amidine groups is 1. The highest BCUT2D eigenvalue weighted by atomic mass is 32.2. The van der Waals surface area contributed by atoms with Crippen LogP contribution in [0.2, 0.25) is 0 Å². The third kappa shape index (κ3) is 2.70. The molecule has 0 aliphatic carbocycles. The van der Waals surface area contributed by atoms with E-state index in [1.807, 2.05) is 0 Å². The van der Waals surface area contributed by atoms with Crippen LogP contribution in [0.15, 0.2) is 34.2 Å². The Hall–Kier alpha value is -1.63. The van der Waals surface area contributed by atoms with E-state index in [1.165, 1.54) is 31.2 Å². The van der Waals surface area contributed by atoms with Crippen molar-refractivity contribution in [2.24, 2.45) is 10.7 Å². The Bertz CT molecular complexity index is 571. The lowest BCUT2D eigenvalue weighted by molar-refractivity contribution is 0.198. The second kappa shape index (κ2) is 4.80. The highest BCUT2D eigenvalue weighted by Crippen LogP contribution is 2.39. The number of nitrogens with two attached hydrogens (primary N) is 2. The summed E-state index contributed by atoms with van der Waals surface area (Å²) in [5, 5.41) is -0.0258. The minimum Gasteiger partial charge on any atom is -0.399 e. The number of hydrogen-bond donors (Lipinski definition) is 2. The van der Waals surface area contributed by atoms with Crippen LogP contribution in [0.3, 0.4) is 0 Å². The standard InChI is InChI=1S/C12H12F3N3S/c1-12(7-4-6(16)2-3-8(7)13)5-9(10(14)15)19-11(17)18-12/h2-5,10H,16H2,1H3,(H2,17,18)/t12-/m0/s1. The molecule has 1 aliphatic rings. The summed E-state index contributed by atoms with van der Waals surface area (Å²) in [5.74, 6) is -0.565. The third-order valence-electron chi connectivity index (χ3n) is 2.74. The number of hydrogen-bond acceptors (Lipinski definition) is 4. The van der Waals surface area contributed by atoms with Gasteiger partial charge >= 0.3 is 0 Å². The van der Waals surface area contributed by atoms with Gasteiger partial charge in [-0.05, 0) is 31.2 Å². The van der Waals surface area contributed by atoms with Crippen LogP contribution in [-0.4, -0.2) is 11.6 Å². The monoisotopic (exact) mass is 287 g/mol. The lowest BCUT2D eigenvalue weighted by Crippen LogP contribution is -2.27. The van der Waals surface area contributed by atoms with Crippen molar-refractivity contribution in [3.8, 4) is 0 Å². The van der Waals surface area contributed by atoms with Gasteiger partial charge in [0.1, 0.15) is 11.4 Å². The number of nitrogen functional groups attached to an aromatic ring is 1. The summed E-state index contributed by atoms with van der Waals surface area (Å²) in [6, 6.07) is 3.95. The van der Waals surface area contributed by atoms with Gasteiger partial charge in [0.2, 0.25) is 0 Å². The molecule has 0 radical (unpaired) electrons. The number of alkyl halides is 2. The van der Waals surface area contributed by atoms with Crippen LogP contribution in [0.4, 0.5) is 18.9 Å². The fraction of sp³-hybridized carbons (Fsp3) is 0.250. The maximum Gasteiger partial charge on any atom is 0.269 e. The third-order valence-corrected chi connectivity index (χ3v) is 3.57. The number of aliphatic imine (C=N–C) groups is 1. The zero-order chi connectivity index (χ0) is 14.2. The number of benzene rings is 1. The molecule has 1 heterocycles. The molecule has 1 atom stereocenters. The van der Waals surface area contributed by atoms with Crippen molar-refractivity contribution < 1.29 is 13.2 Å². The van der Waals surface area contributed by atoms with E-state index in [-0.39, 0.29) is 15.6 Å². The largest absolute Gasteiger partial charge is 0.399 e. The molecule has 0 fully saturated rings. The van der Waals surface area contributed by atoms with E-state index in [4.69, 9.17) is 11.5 Å². The quantitative estimate of drug-likeness (QED) is 0.822. The average Bonchev–Trinajstić information content (AvgIpc) is 2.31. The minimum absolute atomic E-state index is 0.0258. The zero-order valence-corrected chi connectivity index (χ0v) is 10.8. The van der Waals surface area contributed by atoms with Crippen molar-refractivity contribution in [3.05, 3.63) is 40.6 Å². The molecule has 1 aromatic carbocycles. The lowest BCUT2D eigenvalue weighted by atomic mass is 9.91. The van der Waals surface area contributed by atoms with Gasteiger partial charge in [0.05, 0.1) is 4.91 Å². The van der Waals surface area contributed by atoms with Crippen molar-refractivity contribution in [3.63, 3.8) is 0 Å². The molecule has 0 amide bonds. The predicted octanol–water partition coefficient (Wildman–Crippen LogP) is 2.83. The Morgan fingerprint density at radius 3 is 2.63 bits per heavy atom. The summed E-state index contributed by atoms with van der Waals surface area (Å²) in [6.07, 6.45) is -1.46. The molecule has 0 aromatic heterocycles. The molecule has 4 N–H and O–H groups in total. The van der Waals surface area contributed by atoms with Crippen molar-refractivity contribution >= 4 is 22.6 Å². The molecule has 7 heteroatoms. The van der Waals surface area contributed by atoms with Gasteiger partial charge < -0.3 is 11.5 Å². The molecule has 2 rings (SSSR count). The van der Waals surface area contributed by atoms with Gasteiger partial charge in [-0.15, -0.1) is 0 Å². The van der Waals surface area contributed by atoms with Gasteiger partial charge in [0.25, 0.3) is 6.43 Å². The van der Waals surface area contributed by atoms with Gasteiger partial charge in [0, 0.05) is 11.3 Å². The van der Waals surface area contributed by atoms with Crippen LogP contribution in [0.25, 0.3) is 0 Å². The highest BCUT2D eigenvalue weighted by Gasteiger charge is 2.33. The van der Waals surface area contributed by atoms with Crippen LogP contribution >= 0.6 is 11.8 Å². The highest BCUT2D eigenvalue weighted by molar-refractivity contribution is 8.17. The Labute approximate surface area is 112 Å². The van der Waals surface area contributed by atoms with E-state index in [2.05, 4.69) is 4.99 Å². The summed E-state index contributed by atoms with van der Waals surface area (Å²) in [7, 11) is 0. The zero-order valence-electron chi connectivity index (χ0n) is 10.0. The molecule has 0 saturated carbocycles. The first kappa shape index (κ1) is 13.8. The summed E-state index contributed by atoms with van der Waals surface area (Å²) in [4.78, 5) is 3.83. The Kier molecular flexibility index (Phi) is 3.49. The topological polar surface area (TPSA) is 64.4 Å². The van der Waals surface area contributed by atoms with E-state index >= 15 is 0 Å². The molecule has 0 saturated heterocycles. The van der Waals surface area contributed by atoms with Crippen molar-refractivity contribution in [1.29, 1.82) is 0 Å². The van der Waals surface area contributed by atoms with Gasteiger partial charge in [-0.2, -0.15) is 0 Å². The van der Waals surface area contributed by atoms with Crippen molar-refractivity contribution in [2.45, 2.75) is 18.9 Å². The van der Waals surface area contributed by atoms with E-state index in [0.717, 1.165) is 0 Å². The average molecular weight is 287 g/mol. The molecule has 1 aromatic rings. The van der Waals surface area contributed by atoms with Crippen LogP contribution in [0, 0.1) is 5.82 Å². The molecule has 102 valence electrons. The molecule has 0 spiro atoms. The van der Waals surface area contributed by atoms with Crippen LogP contribution in [-0.2, 0) is 5.54 Å². The van der Waals surface area contributed by atoms with E-state index < -0.39 is 17.8 Å². The minimum atomic E-state index is -2.68. The van der Waals surface area contributed by atoms with Gasteiger partial charge in [-0.1, -0.05) is 11.8 Å². The Balaban J connectivity index is 2.57. The van der Waals surface area contributed by atoms with Crippen LogP contribution in [0.5, 0.6) is 0 Å². The number of rotatable bonds is 2. The van der Waals surface area contributed by atoms with E-state index in [0.29, 0.717) is 17.4 Å². The predicted molar refractivity (Wildman–Crippen MR) is 71.5 cm³/mol. The molecule has 0 bridgehead atoms. The van der Waals surface area contributed by atoms with Gasteiger partial charge in [0.15, 0.2) is 5.17 Å². The summed E-state index contributed by atoms with van der Waals surface area (Å²) in [5.41, 5.74) is 10.3.